The second kappa shape index (κ2) is 3.41. The number of aryl methyl sites for hydroxylation is 3. The van der Waals surface area contributed by atoms with Crippen molar-refractivity contribution in [2.75, 3.05) is 5.73 Å². The molecule has 0 unspecified atom stereocenters. The smallest absolute Gasteiger partial charge is 0.0349 e. The van der Waals surface area contributed by atoms with E-state index in [9.17, 15) is 0 Å². The van der Waals surface area contributed by atoms with Crippen LogP contribution in [0, 0.1) is 0 Å². The van der Waals surface area contributed by atoms with Gasteiger partial charge in [-0.25, -0.2) is 0 Å². The van der Waals surface area contributed by atoms with Gasteiger partial charge in [-0.1, -0.05) is 13.0 Å². The molecule has 0 saturated carbocycles. The SMILES string of the molecule is CCc1cc2c(cc1N)CCCC2. The molecule has 1 aromatic rings. The molecular weight excluding hydrogens is 158 g/mol. The van der Waals surface area contributed by atoms with Crippen LogP contribution in [0.15, 0.2) is 12.1 Å². The first-order valence-electron chi connectivity index (χ1n) is 5.21. The minimum absolute atomic E-state index is 0.989. The minimum Gasteiger partial charge on any atom is -0.398 e. The molecule has 0 spiro atoms. The maximum atomic E-state index is 5.96. The van der Waals surface area contributed by atoms with E-state index in [4.69, 9.17) is 5.73 Å². The summed E-state index contributed by atoms with van der Waals surface area (Å²) in [6.07, 6.45) is 6.21. The fourth-order valence-electron chi connectivity index (χ4n) is 2.16. The number of hydrogen-bond donors (Lipinski definition) is 1. The number of benzene rings is 1. The lowest BCUT2D eigenvalue weighted by molar-refractivity contribution is 0.685. The molecule has 2 rings (SSSR count). The third-order valence-electron chi connectivity index (χ3n) is 2.98. The second-order valence-electron chi connectivity index (χ2n) is 3.88. The van der Waals surface area contributed by atoms with Crippen LogP contribution in [0.2, 0.25) is 0 Å². The van der Waals surface area contributed by atoms with E-state index in [-0.39, 0.29) is 0 Å². The fraction of sp³-hybridized carbons (Fsp3) is 0.500. The largest absolute Gasteiger partial charge is 0.398 e. The molecule has 0 saturated heterocycles. The van der Waals surface area contributed by atoms with Crippen LogP contribution in [0.25, 0.3) is 0 Å². The highest BCUT2D eigenvalue weighted by atomic mass is 14.6. The first-order valence-corrected chi connectivity index (χ1v) is 5.21. The summed E-state index contributed by atoms with van der Waals surface area (Å²) in [4.78, 5) is 0. The van der Waals surface area contributed by atoms with Crippen molar-refractivity contribution >= 4 is 5.69 Å². The number of nitrogen functional groups attached to an aromatic ring is 1. The molecule has 0 heterocycles. The normalized spacial score (nSPS) is 15.5. The topological polar surface area (TPSA) is 26.0 Å². The highest BCUT2D eigenvalue weighted by Gasteiger charge is 2.10. The number of anilines is 1. The van der Waals surface area contributed by atoms with Crippen molar-refractivity contribution < 1.29 is 0 Å². The number of nitrogens with two attached hydrogens (primary N) is 1. The molecule has 1 nitrogen and oxygen atoms in total. The van der Waals surface area contributed by atoms with Crippen LogP contribution in [0.3, 0.4) is 0 Å². The molecule has 0 atom stereocenters. The highest BCUT2D eigenvalue weighted by Crippen LogP contribution is 2.26. The Morgan fingerprint density at radius 3 is 2.38 bits per heavy atom. The number of rotatable bonds is 1. The lowest BCUT2D eigenvalue weighted by Crippen LogP contribution is -2.05. The van der Waals surface area contributed by atoms with Gasteiger partial charge in [0.1, 0.15) is 0 Å². The zero-order chi connectivity index (χ0) is 9.26. The first kappa shape index (κ1) is 8.61. The van der Waals surface area contributed by atoms with Gasteiger partial charge in [0.25, 0.3) is 0 Å². The van der Waals surface area contributed by atoms with Crippen molar-refractivity contribution in [1.29, 1.82) is 0 Å². The van der Waals surface area contributed by atoms with Crippen molar-refractivity contribution in [3.05, 3.63) is 28.8 Å². The summed E-state index contributed by atoms with van der Waals surface area (Å²) >= 11 is 0. The molecule has 0 amide bonds. The van der Waals surface area contributed by atoms with E-state index in [1.165, 1.54) is 42.4 Å². The molecule has 0 radical (unpaired) electrons. The van der Waals surface area contributed by atoms with Crippen LogP contribution in [0.4, 0.5) is 5.69 Å². The average molecular weight is 175 g/mol. The maximum Gasteiger partial charge on any atom is 0.0349 e. The fourth-order valence-corrected chi connectivity index (χ4v) is 2.16. The van der Waals surface area contributed by atoms with Crippen molar-refractivity contribution in [3.8, 4) is 0 Å². The molecule has 1 aliphatic rings. The number of fused-ring (bicyclic) bond motifs is 1. The first-order chi connectivity index (χ1) is 6.31. The lowest BCUT2D eigenvalue weighted by Gasteiger charge is -2.17. The molecule has 2 N–H and O–H groups in total. The van der Waals surface area contributed by atoms with Gasteiger partial charge < -0.3 is 5.73 Å². The Hall–Kier alpha value is -0.980. The third kappa shape index (κ3) is 1.55. The van der Waals surface area contributed by atoms with Gasteiger partial charge in [0.05, 0.1) is 0 Å². The van der Waals surface area contributed by atoms with Crippen LogP contribution in [0.5, 0.6) is 0 Å². The molecule has 0 aliphatic heterocycles. The maximum absolute atomic E-state index is 5.96. The lowest BCUT2D eigenvalue weighted by atomic mass is 9.89. The molecule has 0 aromatic heterocycles. The predicted molar refractivity (Wildman–Crippen MR) is 56.9 cm³/mol. The summed E-state index contributed by atoms with van der Waals surface area (Å²) in [6.45, 7) is 2.17. The van der Waals surface area contributed by atoms with Gasteiger partial charge in [0.15, 0.2) is 0 Å². The van der Waals surface area contributed by atoms with Crippen molar-refractivity contribution in [2.24, 2.45) is 0 Å². The standard InChI is InChI=1S/C12H17N/c1-2-9-7-10-5-3-4-6-11(10)8-12(9)13/h7-8H,2-6,13H2,1H3. The van der Waals surface area contributed by atoms with E-state index in [1.807, 2.05) is 0 Å². The molecule has 13 heavy (non-hydrogen) atoms. The monoisotopic (exact) mass is 175 g/mol. The third-order valence-corrected chi connectivity index (χ3v) is 2.98. The van der Waals surface area contributed by atoms with Crippen molar-refractivity contribution in [1.82, 2.24) is 0 Å². The molecule has 1 aromatic carbocycles. The van der Waals surface area contributed by atoms with Gasteiger partial charge in [0, 0.05) is 5.69 Å². The molecule has 0 fully saturated rings. The van der Waals surface area contributed by atoms with Crippen LogP contribution >= 0.6 is 0 Å². The van der Waals surface area contributed by atoms with Gasteiger partial charge in [-0.2, -0.15) is 0 Å². The Labute approximate surface area is 80.0 Å². The summed E-state index contributed by atoms with van der Waals surface area (Å²) in [5, 5.41) is 0. The summed E-state index contributed by atoms with van der Waals surface area (Å²) < 4.78 is 0. The van der Waals surface area contributed by atoms with Gasteiger partial charge in [-0.3, -0.25) is 0 Å². The van der Waals surface area contributed by atoms with Crippen molar-refractivity contribution in [2.45, 2.75) is 39.0 Å². The van der Waals surface area contributed by atoms with E-state index in [0.29, 0.717) is 0 Å². The van der Waals surface area contributed by atoms with Crippen LogP contribution < -0.4 is 5.73 Å². The molecular formula is C12H17N. The summed E-state index contributed by atoms with van der Waals surface area (Å²) in [6, 6.07) is 4.50. The van der Waals surface area contributed by atoms with E-state index >= 15 is 0 Å². The number of hydrogen-bond acceptors (Lipinski definition) is 1. The van der Waals surface area contributed by atoms with E-state index in [0.717, 1.165) is 12.1 Å². The van der Waals surface area contributed by atoms with E-state index < -0.39 is 0 Å². The van der Waals surface area contributed by atoms with E-state index in [1.54, 1.807) is 0 Å². The molecule has 70 valence electrons. The Bertz CT molecular complexity index is 315. The molecule has 1 heteroatoms. The Balaban J connectivity index is 2.44. The van der Waals surface area contributed by atoms with Crippen molar-refractivity contribution in [3.63, 3.8) is 0 Å². The minimum atomic E-state index is 0.989. The zero-order valence-electron chi connectivity index (χ0n) is 8.27. The predicted octanol–water partition coefficient (Wildman–Crippen LogP) is 2.71. The van der Waals surface area contributed by atoms with Gasteiger partial charge in [-0.15, -0.1) is 0 Å². The quantitative estimate of drug-likeness (QED) is 0.652. The Morgan fingerprint density at radius 1 is 1.15 bits per heavy atom. The van der Waals surface area contributed by atoms with Crippen LogP contribution in [-0.4, -0.2) is 0 Å². The summed E-state index contributed by atoms with van der Waals surface area (Å²) in [5.74, 6) is 0. The molecule has 1 aliphatic carbocycles. The highest BCUT2D eigenvalue weighted by molar-refractivity contribution is 5.52. The summed E-state index contributed by atoms with van der Waals surface area (Å²) in [5.41, 5.74) is 11.3. The second-order valence-corrected chi connectivity index (χ2v) is 3.88. The van der Waals surface area contributed by atoms with Crippen LogP contribution in [-0.2, 0) is 19.3 Å². The Kier molecular flexibility index (Phi) is 2.26. The van der Waals surface area contributed by atoms with Gasteiger partial charge in [0.2, 0.25) is 0 Å². The van der Waals surface area contributed by atoms with Gasteiger partial charge >= 0.3 is 0 Å². The molecule has 0 bridgehead atoms. The Morgan fingerprint density at radius 2 is 1.77 bits per heavy atom. The van der Waals surface area contributed by atoms with Crippen LogP contribution in [0.1, 0.15) is 36.5 Å². The summed E-state index contributed by atoms with van der Waals surface area (Å²) in [7, 11) is 0. The average Bonchev–Trinajstić information content (AvgIpc) is 2.17. The zero-order valence-corrected chi connectivity index (χ0v) is 8.27. The van der Waals surface area contributed by atoms with Gasteiger partial charge in [-0.05, 0) is 54.9 Å². The van der Waals surface area contributed by atoms with E-state index in [2.05, 4.69) is 19.1 Å².